The van der Waals surface area contributed by atoms with Crippen LogP contribution < -0.4 is 5.32 Å². The molecule has 0 saturated carbocycles. The molecule has 0 aliphatic rings. The summed E-state index contributed by atoms with van der Waals surface area (Å²) in [5.41, 5.74) is 1.44. The summed E-state index contributed by atoms with van der Waals surface area (Å²) in [7, 11) is 1.30. The number of benzene rings is 1. The van der Waals surface area contributed by atoms with E-state index in [0.29, 0.717) is 15.3 Å². The summed E-state index contributed by atoms with van der Waals surface area (Å²) in [5.74, 6) is -0.639. The lowest BCUT2D eigenvalue weighted by atomic mass is 10.0. The summed E-state index contributed by atoms with van der Waals surface area (Å²) >= 11 is 9.06. The summed E-state index contributed by atoms with van der Waals surface area (Å²) in [6.07, 6.45) is 0.00476. The van der Waals surface area contributed by atoms with E-state index < -0.39 is 17.9 Å². The van der Waals surface area contributed by atoms with Crippen molar-refractivity contribution in [1.82, 2.24) is 5.32 Å². The molecule has 1 atom stereocenters. The van der Waals surface area contributed by atoms with Gasteiger partial charge in [-0.1, -0.05) is 23.7 Å². The third-order valence-electron chi connectivity index (χ3n) is 3.27. The minimum atomic E-state index is -0.546. The van der Waals surface area contributed by atoms with Gasteiger partial charge in [0.05, 0.1) is 19.6 Å². The average molecular weight is 401 g/mol. The first-order valence-electron chi connectivity index (χ1n) is 6.79. The van der Waals surface area contributed by atoms with E-state index in [9.17, 15) is 9.59 Å². The van der Waals surface area contributed by atoms with Crippen LogP contribution in [0.25, 0.3) is 0 Å². The van der Waals surface area contributed by atoms with E-state index in [2.05, 4.69) is 21.2 Å². The molecule has 2 aromatic rings. The molecule has 0 aliphatic heterocycles. The third-order valence-corrected chi connectivity index (χ3v) is 3.91. The van der Waals surface area contributed by atoms with Crippen LogP contribution in [-0.4, -0.2) is 19.0 Å². The lowest BCUT2D eigenvalue weighted by Crippen LogP contribution is -2.30. The standard InChI is InChI=1S/C16H15BrClNO4/c1-9-7-13(17)23-15(9)16(21)19-12(8-14(20)22-2)10-3-5-11(18)6-4-10/h3-7,12H,8H2,1-2H3,(H,19,21). The summed E-state index contributed by atoms with van der Waals surface area (Å²) in [5, 5.41) is 3.36. The van der Waals surface area contributed by atoms with Crippen LogP contribution in [0.2, 0.25) is 5.02 Å². The number of methoxy groups -OCH3 is 1. The Morgan fingerprint density at radius 2 is 2.00 bits per heavy atom. The molecule has 0 radical (unpaired) electrons. The zero-order valence-corrected chi connectivity index (χ0v) is 14.9. The van der Waals surface area contributed by atoms with Crippen LogP contribution in [-0.2, 0) is 9.53 Å². The van der Waals surface area contributed by atoms with E-state index >= 15 is 0 Å². The van der Waals surface area contributed by atoms with E-state index in [4.69, 9.17) is 20.8 Å². The van der Waals surface area contributed by atoms with Gasteiger partial charge in [0.1, 0.15) is 0 Å². The first-order chi connectivity index (χ1) is 10.9. The van der Waals surface area contributed by atoms with Crippen molar-refractivity contribution in [3.63, 3.8) is 0 Å². The highest BCUT2D eigenvalue weighted by Gasteiger charge is 2.22. The number of esters is 1. The Labute approximate surface area is 147 Å². The molecule has 0 fully saturated rings. The second-order valence-electron chi connectivity index (χ2n) is 4.92. The van der Waals surface area contributed by atoms with Gasteiger partial charge in [-0.3, -0.25) is 9.59 Å². The number of hydrogen-bond acceptors (Lipinski definition) is 4. The molecule has 1 unspecified atom stereocenters. The van der Waals surface area contributed by atoms with Gasteiger partial charge in [0.15, 0.2) is 10.4 Å². The summed E-state index contributed by atoms with van der Waals surface area (Å²) in [6, 6.07) is 8.05. The van der Waals surface area contributed by atoms with Gasteiger partial charge < -0.3 is 14.5 Å². The van der Waals surface area contributed by atoms with Crippen LogP contribution >= 0.6 is 27.5 Å². The smallest absolute Gasteiger partial charge is 0.307 e. The van der Waals surface area contributed by atoms with Gasteiger partial charge in [0.25, 0.3) is 5.91 Å². The number of halogens is 2. The molecule has 1 heterocycles. The minimum Gasteiger partial charge on any atom is -0.469 e. The Bertz CT molecular complexity index is 711. The molecule has 0 aliphatic carbocycles. The number of furan rings is 1. The number of carbonyl (C=O) groups excluding carboxylic acids is 2. The fourth-order valence-corrected chi connectivity index (χ4v) is 2.72. The molecular formula is C16H15BrClNO4. The van der Waals surface area contributed by atoms with E-state index in [0.717, 1.165) is 5.56 Å². The average Bonchev–Trinajstić information content (AvgIpc) is 2.86. The Kier molecular flexibility index (Phi) is 5.85. The molecule has 7 heteroatoms. The lowest BCUT2D eigenvalue weighted by Gasteiger charge is -2.18. The quantitative estimate of drug-likeness (QED) is 0.769. The van der Waals surface area contributed by atoms with Crippen molar-refractivity contribution in [2.75, 3.05) is 7.11 Å². The van der Waals surface area contributed by atoms with E-state index in [1.807, 2.05) is 0 Å². The van der Waals surface area contributed by atoms with E-state index in [-0.39, 0.29) is 12.2 Å². The molecule has 0 saturated heterocycles. The molecular weight excluding hydrogens is 386 g/mol. The van der Waals surface area contributed by atoms with Gasteiger partial charge in [-0.2, -0.15) is 0 Å². The lowest BCUT2D eigenvalue weighted by molar-refractivity contribution is -0.141. The molecule has 2 rings (SSSR count). The maximum Gasteiger partial charge on any atom is 0.307 e. The second kappa shape index (κ2) is 7.66. The van der Waals surface area contributed by atoms with Crippen molar-refractivity contribution in [3.05, 3.63) is 56.9 Å². The normalized spacial score (nSPS) is 11.8. The van der Waals surface area contributed by atoms with E-state index in [1.165, 1.54) is 7.11 Å². The number of amides is 1. The minimum absolute atomic E-state index is 0.00476. The van der Waals surface area contributed by atoms with Gasteiger partial charge in [0.2, 0.25) is 0 Å². The van der Waals surface area contributed by atoms with E-state index in [1.54, 1.807) is 37.3 Å². The van der Waals surface area contributed by atoms with Crippen LogP contribution in [0.15, 0.2) is 39.4 Å². The first kappa shape index (κ1) is 17.6. The number of rotatable bonds is 5. The van der Waals surface area contributed by atoms with Gasteiger partial charge in [-0.05, 0) is 46.6 Å². The summed E-state index contributed by atoms with van der Waals surface area (Å²) in [4.78, 5) is 24.0. The van der Waals surface area contributed by atoms with Crippen LogP contribution in [0.1, 0.15) is 34.1 Å². The Hall–Kier alpha value is -1.79. The maximum atomic E-state index is 12.4. The first-order valence-corrected chi connectivity index (χ1v) is 7.97. The van der Waals surface area contributed by atoms with Crippen molar-refractivity contribution in [3.8, 4) is 0 Å². The van der Waals surface area contributed by atoms with Crippen molar-refractivity contribution in [1.29, 1.82) is 0 Å². The molecule has 1 amide bonds. The molecule has 1 N–H and O–H groups in total. The Morgan fingerprint density at radius 3 is 2.52 bits per heavy atom. The van der Waals surface area contributed by atoms with Crippen molar-refractivity contribution >= 4 is 39.4 Å². The molecule has 23 heavy (non-hydrogen) atoms. The van der Waals surface area contributed by atoms with Crippen molar-refractivity contribution in [2.45, 2.75) is 19.4 Å². The predicted molar refractivity (Wildman–Crippen MR) is 89.4 cm³/mol. The van der Waals surface area contributed by atoms with Crippen molar-refractivity contribution in [2.24, 2.45) is 0 Å². The van der Waals surface area contributed by atoms with Crippen LogP contribution in [0.4, 0.5) is 0 Å². The highest BCUT2D eigenvalue weighted by molar-refractivity contribution is 9.10. The highest BCUT2D eigenvalue weighted by atomic mass is 79.9. The zero-order valence-electron chi connectivity index (χ0n) is 12.6. The van der Waals surface area contributed by atoms with Gasteiger partial charge in [0, 0.05) is 10.6 Å². The fourth-order valence-electron chi connectivity index (χ4n) is 2.09. The molecule has 0 spiro atoms. The SMILES string of the molecule is COC(=O)CC(NC(=O)c1oc(Br)cc1C)c1ccc(Cl)cc1. The van der Waals surface area contributed by atoms with Gasteiger partial charge >= 0.3 is 5.97 Å². The second-order valence-corrected chi connectivity index (χ2v) is 6.14. The largest absolute Gasteiger partial charge is 0.469 e. The molecule has 0 bridgehead atoms. The van der Waals surface area contributed by atoms with Crippen molar-refractivity contribution < 1.29 is 18.7 Å². The molecule has 5 nitrogen and oxygen atoms in total. The summed E-state index contributed by atoms with van der Waals surface area (Å²) in [6.45, 7) is 1.76. The Balaban J connectivity index is 2.23. The molecule has 1 aromatic heterocycles. The topological polar surface area (TPSA) is 68.5 Å². The van der Waals surface area contributed by atoms with Crippen LogP contribution in [0, 0.1) is 6.92 Å². The zero-order chi connectivity index (χ0) is 17.0. The number of aryl methyl sites for hydroxylation is 1. The monoisotopic (exact) mass is 399 g/mol. The number of nitrogens with one attached hydrogen (secondary N) is 1. The fraction of sp³-hybridized carbons (Fsp3) is 0.250. The number of carbonyl (C=O) groups is 2. The highest BCUT2D eigenvalue weighted by Crippen LogP contribution is 2.23. The van der Waals surface area contributed by atoms with Gasteiger partial charge in [-0.25, -0.2) is 0 Å². The predicted octanol–water partition coefficient (Wildman–Crippen LogP) is 4.04. The summed E-state index contributed by atoms with van der Waals surface area (Å²) < 4.78 is 10.5. The van der Waals surface area contributed by atoms with Gasteiger partial charge in [-0.15, -0.1) is 0 Å². The Morgan fingerprint density at radius 1 is 1.35 bits per heavy atom. The third kappa shape index (κ3) is 4.59. The van der Waals surface area contributed by atoms with Crippen LogP contribution in [0.3, 0.4) is 0 Å². The maximum absolute atomic E-state index is 12.4. The molecule has 122 valence electrons. The number of hydrogen-bond donors (Lipinski definition) is 1. The molecule has 1 aromatic carbocycles. The number of ether oxygens (including phenoxy) is 1. The van der Waals surface area contributed by atoms with Crippen LogP contribution in [0.5, 0.6) is 0 Å².